The van der Waals surface area contributed by atoms with Gasteiger partial charge in [-0.3, -0.25) is 4.68 Å². The molecule has 0 saturated carbocycles. The molecule has 4 aromatic rings. The topological polar surface area (TPSA) is 94.1 Å². The lowest BCUT2D eigenvalue weighted by molar-refractivity contribution is 0.386. The standard InChI is InChI=1S/C25H24FN5O3S/c1-30-22-12-13-31(35(32,33)18-11-10-16-6-2-3-7-17(16)14-18)15-20(22)23(29-30)25-28-27-24(34-25)19-8-4-5-9-21(19)26/h4-5,8-11,14H,2-3,6-7,12-13,15H2,1H3. The van der Waals surface area contributed by atoms with E-state index in [2.05, 4.69) is 15.3 Å². The smallest absolute Gasteiger partial charge is 0.268 e. The molecule has 180 valence electrons. The molecule has 6 rings (SSSR count). The molecule has 2 aromatic heterocycles. The SMILES string of the molecule is Cn1nc(-c2nnc(-c3ccccc3F)o2)c2c1CCN(S(=O)(=O)c1ccc3c(c1)CCCC3)C2. The van der Waals surface area contributed by atoms with Gasteiger partial charge in [-0.25, -0.2) is 12.8 Å². The molecular formula is C25H24FN5O3S. The van der Waals surface area contributed by atoms with Crippen LogP contribution in [0, 0.1) is 5.82 Å². The summed E-state index contributed by atoms with van der Waals surface area (Å²) in [6.45, 7) is 0.505. The summed E-state index contributed by atoms with van der Waals surface area (Å²) in [4.78, 5) is 0.326. The molecule has 3 heterocycles. The lowest BCUT2D eigenvalue weighted by Gasteiger charge is -2.27. The van der Waals surface area contributed by atoms with Gasteiger partial charge in [0.1, 0.15) is 5.82 Å². The van der Waals surface area contributed by atoms with Gasteiger partial charge in [0.05, 0.1) is 10.5 Å². The Bertz CT molecular complexity index is 1540. The molecule has 0 N–H and O–H groups in total. The van der Waals surface area contributed by atoms with Crippen LogP contribution in [0.3, 0.4) is 0 Å². The highest BCUT2D eigenvalue weighted by atomic mass is 32.2. The van der Waals surface area contributed by atoms with Crippen molar-refractivity contribution in [3.8, 4) is 23.0 Å². The van der Waals surface area contributed by atoms with Gasteiger partial charge >= 0.3 is 0 Å². The molecule has 8 nitrogen and oxygen atoms in total. The number of sulfonamides is 1. The summed E-state index contributed by atoms with van der Waals surface area (Å²) in [5.74, 6) is -0.284. The van der Waals surface area contributed by atoms with Crippen molar-refractivity contribution in [3.05, 3.63) is 70.7 Å². The molecule has 0 spiro atoms. The zero-order valence-corrected chi connectivity index (χ0v) is 20.1. The first-order valence-electron chi connectivity index (χ1n) is 11.7. The fourth-order valence-electron chi connectivity index (χ4n) is 5.03. The van der Waals surface area contributed by atoms with Crippen LogP contribution < -0.4 is 0 Å². The third-order valence-corrected chi connectivity index (χ3v) is 8.74. The molecule has 0 amide bonds. The van der Waals surface area contributed by atoms with Crippen molar-refractivity contribution in [2.24, 2.45) is 7.05 Å². The van der Waals surface area contributed by atoms with E-state index in [0.29, 0.717) is 23.6 Å². The second-order valence-corrected chi connectivity index (χ2v) is 11.0. The van der Waals surface area contributed by atoms with E-state index < -0.39 is 15.8 Å². The first kappa shape index (κ1) is 22.1. The maximum Gasteiger partial charge on any atom is 0.268 e. The van der Waals surface area contributed by atoms with Crippen LogP contribution in [-0.4, -0.2) is 39.2 Å². The molecule has 1 aliphatic heterocycles. The maximum absolute atomic E-state index is 14.2. The van der Waals surface area contributed by atoms with Gasteiger partial charge in [0.2, 0.25) is 10.0 Å². The highest BCUT2D eigenvalue weighted by Gasteiger charge is 2.34. The van der Waals surface area contributed by atoms with Crippen molar-refractivity contribution in [2.45, 2.75) is 43.5 Å². The number of rotatable bonds is 4. The number of halogens is 1. The Morgan fingerprint density at radius 1 is 0.971 bits per heavy atom. The summed E-state index contributed by atoms with van der Waals surface area (Å²) in [6.07, 6.45) is 4.66. The largest absolute Gasteiger partial charge is 0.414 e. The number of fused-ring (bicyclic) bond motifs is 2. The Balaban J connectivity index is 1.34. The number of aromatic nitrogens is 4. The highest BCUT2D eigenvalue weighted by molar-refractivity contribution is 7.89. The molecule has 0 bridgehead atoms. The van der Waals surface area contributed by atoms with Crippen molar-refractivity contribution in [2.75, 3.05) is 6.54 Å². The van der Waals surface area contributed by atoms with Crippen molar-refractivity contribution < 1.29 is 17.2 Å². The van der Waals surface area contributed by atoms with E-state index in [0.717, 1.165) is 42.5 Å². The third-order valence-electron chi connectivity index (χ3n) is 6.90. The number of hydrogen-bond donors (Lipinski definition) is 0. The Labute approximate surface area is 202 Å². The average Bonchev–Trinajstić information content (AvgIpc) is 3.48. The maximum atomic E-state index is 14.2. The molecule has 0 radical (unpaired) electrons. The van der Waals surface area contributed by atoms with Gasteiger partial charge < -0.3 is 4.42 Å². The minimum Gasteiger partial charge on any atom is -0.414 e. The Kier molecular flexibility index (Phi) is 5.30. The van der Waals surface area contributed by atoms with Crippen LogP contribution in [0.15, 0.2) is 51.8 Å². The van der Waals surface area contributed by atoms with Gasteiger partial charge in [-0.15, -0.1) is 10.2 Å². The average molecular weight is 494 g/mol. The summed E-state index contributed by atoms with van der Waals surface area (Å²) in [5, 5.41) is 12.6. The summed E-state index contributed by atoms with van der Waals surface area (Å²) in [7, 11) is -1.88. The first-order chi connectivity index (χ1) is 16.9. The van der Waals surface area contributed by atoms with Gasteiger partial charge in [0, 0.05) is 37.8 Å². The zero-order valence-electron chi connectivity index (χ0n) is 19.2. The number of benzene rings is 2. The van der Waals surface area contributed by atoms with Gasteiger partial charge in [0.25, 0.3) is 11.8 Å². The van der Waals surface area contributed by atoms with Crippen LogP contribution in [0.5, 0.6) is 0 Å². The molecule has 2 aliphatic rings. The first-order valence-corrected chi connectivity index (χ1v) is 13.1. The predicted octanol–water partition coefficient (Wildman–Crippen LogP) is 3.90. The van der Waals surface area contributed by atoms with Crippen LogP contribution in [0.2, 0.25) is 0 Å². The minimum atomic E-state index is -3.69. The Hall–Kier alpha value is -3.37. The fraction of sp³-hybridized carbons (Fsp3) is 0.320. The monoisotopic (exact) mass is 493 g/mol. The van der Waals surface area contributed by atoms with Crippen LogP contribution in [0.25, 0.3) is 23.0 Å². The Morgan fingerprint density at radius 3 is 2.57 bits per heavy atom. The van der Waals surface area contributed by atoms with E-state index in [9.17, 15) is 12.8 Å². The van der Waals surface area contributed by atoms with E-state index >= 15 is 0 Å². The van der Waals surface area contributed by atoms with E-state index in [1.807, 2.05) is 19.2 Å². The second kappa shape index (κ2) is 8.39. The Morgan fingerprint density at radius 2 is 1.74 bits per heavy atom. The normalized spacial score (nSPS) is 16.2. The summed E-state index contributed by atoms with van der Waals surface area (Å²) in [6, 6.07) is 11.7. The zero-order chi connectivity index (χ0) is 24.2. The van der Waals surface area contributed by atoms with Crippen LogP contribution in [-0.2, 0) is 42.9 Å². The van der Waals surface area contributed by atoms with Crippen molar-refractivity contribution in [1.82, 2.24) is 24.3 Å². The summed E-state index contributed by atoms with van der Waals surface area (Å²) in [5.41, 5.74) is 4.64. The molecule has 0 atom stereocenters. The van der Waals surface area contributed by atoms with Crippen LogP contribution >= 0.6 is 0 Å². The lowest BCUT2D eigenvalue weighted by atomic mass is 9.92. The van der Waals surface area contributed by atoms with Gasteiger partial charge in [-0.05, 0) is 61.1 Å². The summed E-state index contributed by atoms with van der Waals surface area (Å²) >= 11 is 0. The summed E-state index contributed by atoms with van der Waals surface area (Å²) < 4.78 is 50.3. The number of hydrogen-bond acceptors (Lipinski definition) is 6. The molecule has 0 saturated heterocycles. The molecular weight excluding hydrogens is 469 g/mol. The van der Waals surface area contributed by atoms with Crippen molar-refractivity contribution in [3.63, 3.8) is 0 Å². The predicted molar refractivity (Wildman–Crippen MR) is 126 cm³/mol. The van der Waals surface area contributed by atoms with Gasteiger partial charge in [-0.2, -0.15) is 9.40 Å². The van der Waals surface area contributed by atoms with Crippen molar-refractivity contribution in [1.29, 1.82) is 0 Å². The molecule has 2 aromatic carbocycles. The van der Waals surface area contributed by atoms with Crippen LogP contribution in [0.4, 0.5) is 4.39 Å². The quantitative estimate of drug-likeness (QED) is 0.428. The molecule has 10 heteroatoms. The minimum absolute atomic E-state index is 0.0480. The van der Waals surface area contributed by atoms with Gasteiger partial charge in [0.15, 0.2) is 5.69 Å². The molecule has 0 unspecified atom stereocenters. The fourth-order valence-corrected chi connectivity index (χ4v) is 6.49. The van der Waals surface area contributed by atoms with E-state index in [-0.39, 0.29) is 23.9 Å². The van der Waals surface area contributed by atoms with E-state index in [4.69, 9.17) is 4.42 Å². The van der Waals surface area contributed by atoms with E-state index in [1.165, 1.54) is 15.9 Å². The van der Waals surface area contributed by atoms with Gasteiger partial charge in [-0.1, -0.05) is 18.2 Å². The van der Waals surface area contributed by atoms with Crippen molar-refractivity contribution >= 4 is 10.0 Å². The third kappa shape index (κ3) is 3.77. The van der Waals surface area contributed by atoms with Crippen LogP contribution in [0.1, 0.15) is 35.2 Å². The highest BCUT2D eigenvalue weighted by Crippen LogP contribution is 2.34. The number of nitrogens with zero attached hydrogens (tertiary/aromatic N) is 5. The molecule has 0 fully saturated rings. The molecule has 35 heavy (non-hydrogen) atoms. The van der Waals surface area contributed by atoms with E-state index in [1.54, 1.807) is 28.9 Å². The molecule has 1 aliphatic carbocycles. The second-order valence-electron chi connectivity index (χ2n) is 9.02. The lowest BCUT2D eigenvalue weighted by Crippen LogP contribution is -2.36. The number of aryl methyl sites for hydroxylation is 3.